The Bertz CT molecular complexity index is 1150. The molecular formula is C23H25N3O5. The first-order chi connectivity index (χ1) is 14.9. The van der Waals surface area contributed by atoms with E-state index in [-0.39, 0.29) is 17.5 Å². The van der Waals surface area contributed by atoms with Gasteiger partial charge < -0.3 is 29.8 Å². The SMILES string of the molecule is Cc1c(OC2CCN(C)CC2)ccc2cc(NC(=O)Nc3ccc(O)cc3)c(=O)oc12. The Hall–Kier alpha value is -3.52. The second-order valence-electron chi connectivity index (χ2n) is 7.80. The number of fused-ring (bicyclic) bond motifs is 1. The molecule has 2 heterocycles. The molecule has 162 valence electrons. The summed E-state index contributed by atoms with van der Waals surface area (Å²) < 4.78 is 11.7. The molecule has 0 atom stereocenters. The van der Waals surface area contributed by atoms with E-state index in [0.717, 1.165) is 31.5 Å². The molecule has 8 heteroatoms. The van der Waals surface area contributed by atoms with Gasteiger partial charge in [0.2, 0.25) is 0 Å². The van der Waals surface area contributed by atoms with Crippen molar-refractivity contribution in [2.45, 2.75) is 25.9 Å². The predicted molar refractivity (Wildman–Crippen MR) is 119 cm³/mol. The number of urea groups is 1. The predicted octanol–water partition coefficient (Wildman–Crippen LogP) is 3.92. The third-order valence-corrected chi connectivity index (χ3v) is 5.43. The first-order valence-corrected chi connectivity index (χ1v) is 10.2. The molecule has 1 fully saturated rings. The van der Waals surface area contributed by atoms with Crippen molar-refractivity contribution in [3.63, 3.8) is 0 Å². The maximum Gasteiger partial charge on any atom is 0.360 e. The lowest BCUT2D eigenvalue weighted by atomic mass is 10.1. The summed E-state index contributed by atoms with van der Waals surface area (Å²) in [5.74, 6) is 0.798. The first kappa shape index (κ1) is 20.7. The van der Waals surface area contributed by atoms with Crippen molar-refractivity contribution in [2.75, 3.05) is 30.8 Å². The summed E-state index contributed by atoms with van der Waals surface area (Å²) in [4.78, 5) is 27.0. The largest absolute Gasteiger partial charge is 0.508 e. The molecule has 3 aromatic rings. The van der Waals surface area contributed by atoms with Crippen LogP contribution in [-0.2, 0) is 0 Å². The van der Waals surface area contributed by atoms with Crippen LogP contribution in [0.15, 0.2) is 51.7 Å². The van der Waals surface area contributed by atoms with Crippen LogP contribution in [0.4, 0.5) is 16.2 Å². The van der Waals surface area contributed by atoms with Crippen molar-refractivity contribution in [3.05, 3.63) is 58.4 Å². The molecular weight excluding hydrogens is 398 g/mol. The number of ether oxygens (including phenoxy) is 1. The summed E-state index contributed by atoms with van der Waals surface area (Å²) in [7, 11) is 2.10. The van der Waals surface area contributed by atoms with Crippen LogP contribution in [0.3, 0.4) is 0 Å². The number of piperidine rings is 1. The summed E-state index contributed by atoms with van der Waals surface area (Å²) in [5, 5.41) is 15.1. The molecule has 31 heavy (non-hydrogen) atoms. The average Bonchev–Trinajstić information content (AvgIpc) is 2.74. The smallest absolute Gasteiger partial charge is 0.360 e. The Kier molecular flexibility index (Phi) is 5.81. The number of anilines is 2. The van der Waals surface area contributed by atoms with E-state index in [1.54, 1.807) is 18.2 Å². The number of carbonyl (C=O) groups is 1. The number of rotatable bonds is 4. The number of hydrogen-bond donors (Lipinski definition) is 3. The highest BCUT2D eigenvalue weighted by molar-refractivity contribution is 6.00. The molecule has 0 unspecified atom stereocenters. The molecule has 2 amide bonds. The van der Waals surface area contributed by atoms with Gasteiger partial charge in [0.1, 0.15) is 28.9 Å². The lowest BCUT2D eigenvalue weighted by Gasteiger charge is -2.29. The number of nitrogens with one attached hydrogen (secondary N) is 2. The quantitative estimate of drug-likeness (QED) is 0.434. The van der Waals surface area contributed by atoms with Gasteiger partial charge in [-0.15, -0.1) is 0 Å². The van der Waals surface area contributed by atoms with Gasteiger partial charge in [0.05, 0.1) is 0 Å². The number of aryl methyl sites for hydroxylation is 1. The third-order valence-electron chi connectivity index (χ3n) is 5.43. The molecule has 0 radical (unpaired) electrons. The van der Waals surface area contributed by atoms with Crippen molar-refractivity contribution in [3.8, 4) is 11.5 Å². The van der Waals surface area contributed by atoms with Gasteiger partial charge in [0.15, 0.2) is 0 Å². The summed E-state index contributed by atoms with van der Waals surface area (Å²) in [6.07, 6.45) is 2.05. The first-order valence-electron chi connectivity index (χ1n) is 10.2. The van der Waals surface area contributed by atoms with Crippen LogP contribution in [0.2, 0.25) is 0 Å². The summed E-state index contributed by atoms with van der Waals surface area (Å²) in [6, 6.07) is 10.7. The van der Waals surface area contributed by atoms with Crippen LogP contribution in [0, 0.1) is 6.92 Å². The molecule has 0 aliphatic carbocycles. The van der Waals surface area contributed by atoms with Gasteiger partial charge in [-0.05, 0) is 69.3 Å². The van der Waals surface area contributed by atoms with Gasteiger partial charge in [0.25, 0.3) is 0 Å². The van der Waals surface area contributed by atoms with E-state index in [1.165, 1.54) is 12.1 Å². The van der Waals surface area contributed by atoms with Crippen molar-refractivity contribution in [1.29, 1.82) is 0 Å². The third kappa shape index (κ3) is 4.80. The molecule has 1 aromatic heterocycles. The van der Waals surface area contributed by atoms with Crippen LogP contribution >= 0.6 is 0 Å². The van der Waals surface area contributed by atoms with Gasteiger partial charge in [-0.3, -0.25) is 0 Å². The van der Waals surface area contributed by atoms with Gasteiger partial charge in [-0.25, -0.2) is 9.59 Å². The van der Waals surface area contributed by atoms with Crippen molar-refractivity contribution >= 4 is 28.4 Å². The highest BCUT2D eigenvalue weighted by Gasteiger charge is 2.20. The monoisotopic (exact) mass is 423 g/mol. The minimum absolute atomic E-state index is 0.0344. The molecule has 1 saturated heterocycles. The fraction of sp³-hybridized carbons (Fsp3) is 0.304. The van der Waals surface area contributed by atoms with Gasteiger partial charge >= 0.3 is 11.7 Å². The van der Waals surface area contributed by atoms with E-state index in [4.69, 9.17) is 9.15 Å². The molecule has 0 bridgehead atoms. The fourth-order valence-corrected chi connectivity index (χ4v) is 3.63. The van der Waals surface area contributed by atoms with Gasteiger partial charge in [-0.2, -0.15) is 0 Å². The summed E-state index contributed by atoms with van der Waals surface area (Å²) in [5.41, 5.74) is 1.07. The molecule has 2 aromatic carbocycles. The molecule has 0 saturated carbocycles. The topological polar surface area (TPSA) is 104 Å². The van der Waals surface area contributed by atoms with E-state index in [1.807, 2.05) is 19.1 Å². The lowest BCUT2D eigenvalue weighted by Crippen LogP contribution is -2.35. The highest BCUT2D eigenvalue weighted by Crippen LogP contribution is 2.30. The summed E-state index contributed by atoms with van der Waals surface area (Å²) >= 11 is 0. The van der Waals surface area contributed by atoms with Crippen molar-refractivity contribution < 1.29 is 19.1 Å². The highest BCUT2D eigenvalue weighted by atomic mass is 16.5. The van der Waals surface area contributed by atoms with Crippen LogP contribution < -0.4 is 21.0 Å². The van der Waals surface area contributed by atoms with Crippen molar-refractivity contribution in [1.82, 2.24) is 4.90 Å². The second kappa shape index (κ2) is 8.69. The van der Waals surface area contributed by atoms with Crippen molar-refractivity contribution in [2.24, 2.45) is 0 Å². The minimum Gasteiger partial charge on any atom is -0.508 e. The number of aromatic hydroxyl groups is 1. The van der Waals surface area contributed by atoms with E-state index in [9.17, 15) is 14.7 Å². The fourth-order valence-electron chi connectivity index (χ4n) is 3.63. The van der Waals surface area contributed by atoms with E-state index in [2.05, 4.69) is 22.6 Å². The molecule has 3 N–H and O–H groups in total. The number of phenols is 1. The van der Waals surface area contributed by atoms with Crippen LogP contribution in [0.1, 0.15) is 18.4 Å². The minimum atomic E-state index is -0.645. The Morgan fingerprint density at radius 2 is 1.84 bits per heavy atom. The van der Waals surface area contributed by atoms with Gasteiger partial charge in [0, 0.05) is 29.7 Å². The normalized spacial score (nSPS) is 15.0. The number of benzene rings is 2. The number of hydrogen-bond acceptors (Lipinski definition) is 6. The van der Waals surface area contributed by atoms with Crippen LogP contribution in [0.25, 0.3) is 11.0 Å². The zero-order valence-corrected chi connectivity index (χ0v) is 17.5. The number of carbonyl (C=O) groups excluding carboxylic acids is 1. The number of phenolic OH excluding ortho intramolecular Hbond substituents is 1. The molecule has 0 spiro atoms. The van der Waals surface area contributed by atoms with Crippen LogP contribution in [-0.4, -0.2) is 42.3 Å². The Labute approximate surface area is 179 Å². The van der Waals surface area contributed by atoms with Crippen LogP contribution in [0.5, 0.6) is 11.5 Å². The maximum atomic E-state index is 12.5. The second-order valence-corrected chi connectivity index (χ2v) is 7.80. The van der Waals surface area contributed by atoms with E-state index < -0.39 is 11.7 Å². The Balaban J connectivity index is 1.51. The molecule has 4 rings (SSSR count). The summed E-state index contributed by atoms with van der Waals surface area (Å²) in [6.45, 7) is 3.85. The number of likely N-dealkylation sites (tertiary alicyclic amines) is 1. The Morgan fingerprint density at radius 1 is 1.13 bits per heavy atom. The standard InChI is InChI=1S/C23H25N3O5/c1-14-20(30-18-9-11-26(2)12-10-18)8-3-15-13-19(22(28)31-21(14)15)25-23(29)24-16-4-6-17(27)7-5-16/h3-8,13,18,27H,9-12H2,1-2H3,(H2,24,25,29). The number of amides is 2. The maximum absolute atomic E-state index is 12.5. The molecule has 1 aliphatic heterocycles. The molecule has 8 nitrogen and oxygen atoms in total. The Morgan fingerprint density at radius 3 is 2.55 bits per heavy atom. The number of nitrogens with zero attached hydrogens (tertiary/aromatic N) is 1. The lowest BCUT2D eigenvalue weighted by molar-refractivity contribution is 0.113. The van der Waals surface area contributed by atoms with Gasteiger partial charge in [-0.1, -0.05) is 0 Å². The molecule has 1 aliphatic rings. The average molecular weight is 423 g/mol. The van der Waals surface area contributed by atoms with E-state index in [0.29, 0.717) is 22.4 Å². The zero-order chi connectivity index (χ0) is 22.0. The zero-order valence-electron chi connectivity index (χ0n) is 17.5. The van der Waals surface area contributed by atoms with E-state index >= 15 is 0 Å².